The van der Waals surface area contributed by atoms with Crippen LogP contribution >= 0.6 is 23.2 Å². The van der Waals surface area contributed by atoms with Gasteiger partial charge in [0.1, 0.15) is 11.6 Å². The number of ether oxygens (including phenoxy) is 1. The molecule has 1 aromatic heterocycles. The number of rotatable bonds is 4. The van der Waals surface area contributed by atoms with Gasteiger partial charge in [-0.25, -0.2) is 0 Å². The molecule has 0 spiro atoms. The molecule has 1 N–H and O–H groups in total. The maximum absolute atomic E-state index is 12.8. The van der Waals surface area contributed by atoms with Crippen LogP contribution < -0.4 is 10.1 Å². The van der Waals surface area contributed by atoms with Crippen LogP contribution in [0.15, 0.2) is 36.4 Å². The number of aryl methyl sites for hydroxylation is 1. The first-order chi connectivity index (χ1) is 14.1. The zero-order valence-electron chi connectivity index (χ0n) is 15.9. The molecule has 2 heterocycles. The zero-order valence-corrected chi connectivity index (χ0v) is 17.4. The summed E-state index contributed by atoms with van der Waals surface area (Å²) in [7, 11) is 1.51. The number of amides is 1. The van der Waals surface area contributed by atoms with Gasteiger partial charge in [-0.15, -0.1) is 10.2 Å². The van der Waals surface area contributed by atoms with Gasteiger partial charge in [0.05, 0.1) is 17.7 Å². The number of anilines is 1. The summed E-state index contributed by atoms with van der Waals surface area (Å²) in [5.74, 6) is 1.83. The van der Waals surface area contributed by atoms with Crippen LogP contribution in [0.1, 0.15) is 35.4 Å². The summed E-state index contributed by atoms with van der Waals surface area (Å²) < 4.78 is 7.40. The average Bonchev–Trinajstić information content (AvgIpc) is 2.97. The Morgan fingerprint density at radius 3 is 2.79 bits per heavy atom. The monoisotopic (exact) mass is 430 g/mol. The van der Waals surface area contributed by atoms with Crippen LogP contribution in [-0.2, 0) is 13.0 Å². The molecule has 0 fully saturated rings. The van der Waals surface area contributed by atoms with Crippen LogP contribution in [0.5, 0.6) is 5.75 Å². The van der Waals surface area contributed by atoms with E-state index in [1.807, 2.05) is 6.07 Å². The number of fused-ring (bicyclic) bond motifs is 1. The van der Waals surface area contributed by atoms with Crippen molar-refractivity contribution in [1.29, 1.82) is 0 Å². The fourth-order valence-electron chi connectivity index (χ4n) is 3.51. The summed E-state index contributed by atoms with van der Waals surface area (Å²) in [6.07, 6.45) is 4.29. The third-order valence-electron chi connectivity index (χ3n) is 4.98. The van der Waals surface area contributed by atoms with Gasteiger partial charge >= 0.3 is 0 Å². The first-order valence-corrected chi connectivity index (χ1v) is 10.2. The number of benzene rings is 2. The highest BCUT2D eigenvalue weighted by Gasteiger charge is 2.19. The lowest BCUT2D eigenvalue weighted by Crippen LogP contribution is -2.13. The predicted octanol–water partition coefficient (Wildman–Crippen LogP) is 5.24. The Morgan fingerprint density at radius 2 is 1.97 bits per heavy atom. The molecule has 1 aliphatic heterocycles. The van der Waals surface area contributed by atoms with Crippen LogP contribution in [-0.4, -0.2) is 27.8 Å². The standard InChI is InChI=1S/C21H20Cl2N4O2/c1-29-18-9-6-13(22)11-16(18)21(28)24-14-7-8-17(23)15(12-14)20-26-25-19-5-3-2-4-10-27(19)20/h6-9,11-12H,2-5,10H2,1H3,(H,24,28). The number of carbonyl (C=O) groups is 1. The Hall–Kier alpha value is -2.57. The van der Waals surface area contributed by atoms with Crippen molar-refractivity contribution in [3.63, 3.8) is 0 Å². The Labute approximate surface area is 178 Å². The minimum atomic E-state index is -0.322. The van der Waals surface area contributed by atoms with E-state index in [-0.39, 0.29) is 5.91 Å². The highest BCUT2D eigenvalue weighted by atomic mass is 35.5. The SMILES string of the molecule is COc1ccc(Cl)cc1C(=O)Nc1ccc(Cl)c(-c2nnc3n2CCCCC3)c1. The Balaban J connectivity index is 1.66. The quantitative estimate of drug-likeness (QED) is 0.614. The topological polar surface area (TPSA) is 69.0 Å². The number of nitrogens with one attached hydrogen (secondary N) is 1. The third-order valence-corrected chi connectivity index (χ3v) is 5.55. The van der Waals surface area contributed by atoms with E-state index >= 15 is 0 Å². The van der Waals surface area contributed by atoms with E-state index in [0.717, 1.165) is 43.0 Å². The maximum Gasteiger partial charge on any atom is 0.259 e. The van der Waals surface area contributed by atoms with Gasteiger partial charge in [-0.1, -0.05) is 29.6 Å². The molecule has 29 heavy (non-hydrogen) atoms. The highest BCUT2D eigenvalue weighted by Crippen LogP contribution is 2.32. The van der Waals surface area contributed by atoms with Crippen molar-refractivity contribution in [3.05, 3.63) is 57.8 Å². The summed E-state index contributed by atoms with van der Waals surface area (Å²) in [4.78, 5) is 12.8. The number of halogens is 2. The molecule has 0 radical (unpaired) electrons. The van der Waals surface area contributed by atoms with Crippen molar-refractivity contribution in [2.45, 2.75) is 32.2 Å². The van der Waals surface area contributed by atoms with E-state index in [0.29, 0.717) is 27.0 Å². The average molecular weight is 431 g/mol. The fourth-order valence-corrected chi connectivity index (χ4v) is 3.89. The van der Waals surface area contributed by atoms with Crippen LogP contribution in [0.4, 0.5) is 5.69 Å². The molecule has 0 saturated carbocycles. The highest BCUT2D eigenvalue weighted by molar-refractivity contribution is 6.33. The molecule has 4 rings (SSSR count). The van der Waals surface area contributed by atoms with Gasteiger partial charge in [-0.05, 0) is 49.2 Å². The zero-order chi connectivity index (χ0) is 20.4. The first kappa shape index (κ1) is 19.7. The van der Waals surface area contributed by atoms with E-state index in [1.54, 1.807) is 30.3 Å². The summed E-state index contributed by atoms with van der Waals surface area (Å²) in [6.45, 7) is 0.865. The van der Waals surface area contributed by atoms with E-state index in [2.05, 4.69) is 20.1 Å². The molecule has 0 atom stereocenters. The molecule has 1 aliphatic rings. The van der Waals surface area contributed by atoms with Gasteiger partial charge < -0.3 is 14.6 Å². The third kappa shape index (κ3) is 4.09. The second kappa shape index (κ2) is 8.43. The van der Waals surface area contributed by atoms with Crippen molar-refractivity contribution in [2.24, 2.45) is 0 Å². The van der Waals surface area contributed by atoms with Crippen molar-refractivity contribution < 1.29 is 9.53 Å². The van der Waals surface area contributed by atoms with E-state index in [4.69, 9.17) is 27.9 Å². The second-order valence-electron chi connectivity index (χ2n) is 6.90. The number of carbonyl (C=O) groups excluding carboxylic acids is 1. The predicted molar refractivity (Wildman–Crippen MR) is 114 cm³/mol. The first-order valence-electron chi connectivity index (χ1n) is 9.43. The second-order valence-corrected chi connectivity index (χ2v) is 7.74. The largest absolute Gasteiger partial charge is 0.496 e. The fraction of sp³-hybridized carbons (Fsp3) is 0.286. The minimum Gasteiger partial charge on any atom is -0.496 e. The molecule has 150 valence electrons. The van der Waals surface area contributed by atoms with Crippen molar-refractivity contribution >= 4 is 34.8 Å². The van der Waals surface area contributed by atoms with E-state index in [1.165, 1.54) is 13.5 Å². The lowest BCUT2D eigenvalue weighted by molar-refractivity contribution is 0.102. The van der Waals surface area contributed by atoms with Crippen LogP contribution in [0.25, 0.3) is 11.4 Å². The van der Waals surface area contributed by atoms with E-state index in [9.17, 15) is 4.79 Å². The van der Waals surface area contributed by atoms with Crippen LogP contribution in [0.3, 0.4) is 0 Å². The van der Waals surface area contributed by atoms with Gasteiger partial charge in [0.25, 0.3) is 5.91 Å². The molecule has 2 aromatic carbocycles. The molecule has 0 bridgehead atoms. The van der Waals surface area contributed by atoms with Crippen LogP contribution in [0, 0.1) is 0 Å². The summed E-state index contributed by atoms with van der Waals surface area (Å²) >= 11 is 12.5. The Kier molecular flexibility index (Phi) is 5.74. The number of methoxy groups -OCH3 is 1. The number of aromatic nitrogens is 3. The van der Waals surface area contributed by atoms with Crippen molar-refractivity contribution in [1.82, 2.24) is 14.8 Å². The van der Waals surface area contributed by atoms with Crippen molar-refractivity contribution in [3.8, 4) is 17.1 Å². The normalized spacial score (nSPS) is 13.5. The van der Waals surface area contributed by atoms with E-state index < -0.39 is 0 Å². The lowest BCUT2D eigenvalue weighted by Gasteiger charge is -2.12. The Bertz CT molecular complexity index is 1060. The van der Waals surface area contributed by atoms with Gasteiger partial charge in [-0.3, -0.25) is 4.79 Å². The smallest absolute Gasteiger partial charge is 0.259 e. The number of hydrogen-bond donors (Lipinski definition) is 1. The molecule has 0 aliphatic carbocycles. The van der Waals surface area contributed by atoms with Gasteiger partial charge in [0.2, 0.25) is 0 Å². The molecule has 1 amide bonds. The molecular formula is C21H20Cl2N4O2. The summed E-state index contributed by atoms with van der Waals surface area (Å²) in [5.41, 5.74) is 1.69. The summed E-state index contributed by atoms with van der Waals surface area (Å²) in [6, 6.07) is 10.2. The maximum atomic E-state index is 12.8. The van der Waals surface area contributed by atoms with Crippen LogP contribution in [0.2, 0.25) is 10.0 Å². The number of nitrogens with zero attached hydrogens (tertiary/aromatic N) is 3. The van der Waals surface area contributed by atoms with Gasteiger partial charge in [-0.2, -0.15) is 0 Å². The Morgan fingerprint density at radius 1 is 1.10 bits per heavy atom. The molecule has 6 nitrogen and oxygen atoms in total. The van der Waals surface area contributed by atoms with Crippen molar-refractivity contribution in [2.75, 3.05) is 12.4 Å². The molecular weight excluding hydrogens is 411 g/mol. The number of hydrogen-bond acceptors (Lipinski definition) is 4. The molecule has 8 heteroatoms. The molecule has 3 aromatic rings. The van der Waals surface area contributed by atoms with Gasteiger partial charge in [0, 0.05) is 29.2 Å². The van der Waals surface area contributed by atoms with Gasteiger partial charge in [0.15, 0.2) is 5.82 Å². The molecule has 0 saturated heterocycles. The lowest BCUT2D eigenvalue weighted by atomic mass is 10.1. The minimum absolute atomic E-state index is 0.322. The summed E-state index contributed by atoms with van der Waals surface area (Å²) in [5, 5.41) is 12.6. The molecule has 0 unspecified atom stereocenters.